The molecule has 174 valence electrons. The van der Waals surface area contributed by atoms with Gasteiger partial charge in [-0.3, -0.25) is 9.10 Å². The standard InChI is InChI=1S/C24H28N4O4S/c1-17-7-6-8-22(13-17)28-18(2)14-20(19(28)3)15-25-26-24(29)16-27(33(5,30)31)21-9-11-23(32-4)12-10-21/h6-15H,16H2,1-5H3,(H,26,29)/b25-15+. The summed E-state index contributed by atoms with van der Waals surface area (Å²) in [7, 11) is -2.16. The minimum atomic E-state index is -3.68. The number of sulfonamides is 1. The Morgan fingerprint density at radius 2 is 1.82 bits per heavy atom. The molecule has 3 aromatic rings. The van der Waals surface area contributed by atoms with Crippen molar-refractivity contribution in [1.29, 1.82) is 0 Å². The number of ether oxygens (including phenoxy) is 1. The fourth-order valence-corrected chi connectivity index (χ4v) is 4.43. The van der Waals surface area contributed by atoms with Gasteiger partial charge in [0.2, 0.25) is 10.0 Å². The molecule has 0 saturated carbocycles. The number of rotatable bonds is 8. The van der Waals surface area contributed by atoms with Crippen LogP contribution in [0.1, 0.15) is 22.5 Å². The molecule has 9 heteroatoms. The summed E-state index contributed by atoms with van der Waals surface area (Å²) >= 11 is 0. The first kappa shape index (κ1) is 24.1. The first-order valence-electron chi connectivity index (χ1n) is 10.3. The molecule has 0 aliphatic carbocycles. The fourth-order valence-electron chi connectivity index (χ4n) is 3.57. The van der Waals surface area contributed by atoms with E-state index >= 15 is 0 Å². The molecule has 0 aliphatic rings. The Morgan fingerprint density at radius 3 is 2.42 bits per heavy atom. The van der Waals surface area contributed by atoms with Crippen molar-refractivity contribution in [1.82, 2.24) is 9.99 Å². The first-order valence-corrected chi connectivity index (χ1v) is 12.1. The van der Waals surface area contributed by atoms with E-state index < -0.39 is 22.5 Å². The lowest BCUT2D eigenvalue weighted by atomic mass is 10.2. The highest BCUT2D eigenvalue weighted by Crippen LogP contribution is 2.22. The van der Waals surface area contributed by atoms with Gasteiger partial charge < -0.3 is 9.30 Å². The third-order valence-electron chi connectivity index (χ3n) is 5.17. The zero-order chi connectivity index (χ0) is 24.2. The lowest BCUT2D eigenvalue weighted by Crippen LogP contribution is -2.39. The maximum Gasteiger partial charge on any atom is 0.260 e. The summed E-state index contributed by atoms with van der Waals surface area (Å²) in [6, 6.07) is 16.6. The van der Waals surface area contributed by atoms with Crippen molar-refractivity contribution in [3.05, 3.63) is 77.1 Å². The number of carbonyl (C=O) groups is 1. The van der Waals surface area contributed by atoms with Gasteiger partial charge in [-0.1, -0.05) is 12.1 Å². The van der Waals surface area contributed by atoms with Crippen LogP contribution in [0, 0.1) is 20.8 Å². The molecule has 1 aromatic heterocycles. The molecular formula is C24H28N4O4S. The highest BCUT2D eigenvalue weighted by Gasteiger charge is 2.20. The van der Waals surface area contributed by atoms with Crippen LogP contribution in [0.2, 0.25) is 0 Å². The minimum Gasteiger partial charge on any atom is -0.497 e. The van der Waals surface area contributed by atoms with E-state index in [2.05, 4.69) is 21.2 Å². The largest absolute Gasteiger partial charge is 0.497 e. The molecule has 0 unspecified atom stereocenters. The van der Waals surface area contributed by atoms with Crippen LogP contribution in [-0.2, 0) is 14.8 Å². The number of carbonyl (C=O) groups excluding carboxylic acids is 1. The number of hydrogen-bond acceptors (Lipinski definition) is 5. The fraction of sp³-hybridized carbons (Fsp3) is 0.250. The highest BCUT2D eigenvalue weighted by atomic mass is 32.2. The molecular weight excluding hydrogens is 440 g/mol. The molecule has 0 spiro atoms. The molecule has 1 amide bonds. The Kier molecular flexibility index (Phi) is 7.23. The number of anilines is 1. The monoisotopic (exact) mass is 468 g/mol. The van der Waals surface area contributed by atoms with Crippen LogP contribution in [0.25, 0.3) is 5.69 Å². The average molecular weight is 469 g/mol. The third kappa shape index (κ3) is 5.81. The van der Waals surface area contributed by atoms with E-state index in [4.69, 9.17) is 4.74 Å². The van der Waals surface area contributed by atoms with Crippen LogP contribution >= 0.6 is 0 Å². The maximum atomic E-state index is 12.4. The Bertz CT molecular complexity index is 1280. The molecule has 0 bridgehead atoms. The lowest BCUT2D eigenvalue weighted by Gasteiger charge is -2.21. The number of hydrogen-bond donors (Lipinski definition) is 1. The molecule has 0 radical (unpaired) electrons. The topological polar surface area (TPSA) is 93.0 Å². The van der Waals surface area contributed by atoms with Gasteiger partial charge in [-0.05, 0) is 68.8 Å². The van der Waals surface area contributed by atoms with Gasteiger partial charge >= 0.3 is 0 Å². The number of benzene rings is 2. The first-order chi connectivity index (χ1) is 15.6. The van der Waals surface area contributed by atoms with Gasteiger partial charge in [-0.15, -0.1) is 0 Å². The summed E-state index contributed by atoms with van der Waals surface area (Å²) in [5.41, 5.74) is 7.86. The van der Waals surface area contributed by atoms with E-state index in [-0.39, 0.29) is 0 Å². The van der Waals surface area contributed by atoms with Crippen LogP contribution in [0.15, 0.2) is 59.7 Å². The number of methoxy groups -OCH3 is 1. The normalized spacial score (nSPS) is 11.5. The van der Waals surface area contributed by atoms with Gasteiger partial charge in [-0.25, -0.2) is 13.8 Å². The van der Waals surface area contributed by atoms with E-state index in [0.717, 1.165) is 38.8 Å². The molecule has 0 aliphatic heterocycles. The van der Waals surface area contributed by atoms with Crippen LogP contribution < -0.4 is 14.5 Å². The molecule has 33 heavy (non-hydrogen) atoms. The van der Waals surface area contributed by atoms with Gasteiger partial charge in [-0.2, -0.15) is 5.10 Å². The number of amides is 1. The number of hydrazone groups is 1. The van der Waals surface area contributed by atoms with Crippen molar-refractivity contribution in [2.45, 2.75) is 20.8 Å². The number of aryl methyl sites for hydroxylation is 2. The lowest BCUT2D eigenvalue weighted by molar-refractivity contribution is -0.119. The predicted octanol–water partition coefficient (Wildman–Crippen LogP) is 3.33. The van der Waals surface area contributed by atoms with Crippen LogP contribution in [0.4, 0.5) is 5.69 Å². The van der Waals surface area contributed by atoms with Gasteiger partial charge in [0.1, 0.15) is 12.3 Å². The molecule has 2 aromatic carbocycles. The van der Waals surface area contributed by atoms with E-state index in [1.165, 1.54) is 7.11 Å². The SMILES string of the molecule is COc1ccc(N(CC(=O)N/N=C/c2cc(C)n(-c3cccc(C)c3)c2C)S(C)(=O)=O)cc1. The average Bonchev–Trinajstić information content (AvgIpc) is 3.04. The second-order valence-corrected chi connectivity index (χ2v) is 9.67. The summed E-state index contributed by atoms with van der Waals surface area (Å²) in [5, 5.41) is 4.04. The van der Waals surface area contributed by atoms with Gasteiger partial charge in [0.25, 0.3) is 5.91 Å². The summed E-state index contributed by atoms with van der Waals surface area (Å²) in [6.45, 7) is 5.63. The smallest absolute Gasteiger partial charge is 0.260 e. The van der Waals surface area contributed by atoms with Crippen molar-refractivity contribution in [2.24, 2.45) is 5.10 Å². The zero-order valence-electron chi connectivity index (χ0n) is 19.4. The van der Waals surface area contributed by atoms with Crippen molar-refractivity contribution in [3.63, 3.8) is 0 Å². The van der Waals surface area contributed by atoms with Crippen LogP contribution in [0.3, 0.4) is 0 Å². The molecule has 0 fully saturated rings. The van der Waals surface area contributed by atoms with Gasteiger partial charge in [0.15, 0.2) is 0 Å². The van der Waals surface area contributed by atoms with Crippen molar-refractivity contribution < 1.29 is 17.9 Å². The number of nitrogens with zero attached hydrogens (tertiary/aromatic N) is 3. The van der Waals surface area contributed by atoms with E-state index in [0.29, 0.717) is 11.4 Å². The Morgan fingerprint density at radius 1 is 1.12 bits per heavy atom. The number of nitrogens with one attached hydrogen (secondary N) is 1. The van der Waals surface area contributed by atoms with E-state index in [1.54, 1.807) is 30.5 Å². The van der Waals surface area contributed by atoms with Crippen molar-refractivity contribution in [2.75, 3.05) is 24.2 Å². The van der Waals surface area contributed by atoms with Crippen LogP contribution in [-0.4, -0.2) is 45.0 Å². The second-order valence-electron chi connectivity index (χ2n) is 7.76. The summed E-state index contributed by atoms with van der Waals surface area (Å²) < 4.78 is 32.7. The maximum absolute atomic E-state index is 12.4. The molecule has 3 rings (SSSR count). The van der Waals surface area contributed by atoms with E-state index in [1.807, 2.05) is 45.0 Å². The summed E-state index contributed by atoms with van der Waals surface area (Å²) in [5.74, 6) is 0.0319. The minimum absolute atomic E-state index is 0.360. The van der Waals surface area contributed by atoms with E-state index in [9.17, 15) is 13.2 Å². The Labute approximate surface area is 194 Å². The van der Waals surface area contributed by atoms with Crippen LogP contribution in [0.5, 0.6) is 5.75 Å². The second kappa shape index (κ2) is 9.91. The third-order valence-corrected chi connectivity index (χ3v) is 6.31. The Balaban J connectivity index is 1.73. The predicted molar refractivity (Wildman–Crippen MR) is 131 cm³/mol. The highest BCUT2D eigenvalue weighted by molar-refractivity contribution is 7.92. The molecule has 1 N–H and O–H groups in total. The summed E-state index contributed by atoms with van der Waals surface area (Å²) in [6.07, 6.45) is 2.61. The molecule has 1 heterocycles. The zero-order valence-corrected chi connectivity index (χ0v) is 20.2. The van der Waals surface area contributed by atoms with Gasteiger partial charge in [0, 0.05) is 22.6 Å². The molecule has 0 saturated heterocycles. The molecule has 0 atom stereocenters. The number of aromatic nitrogens is 1. The van der Waals surface area contributed by atoms with Crippen molar-refractivity contribution >= 4 is 27.8 Å². The van der Waals surface area contributed by atoms with Crippen molar-refractivity contribution in [3.8, 4) is 11.4 Å². The van der Waals surface area contributed by atoms with Gasteiger partial charge in [0.05, 0.1) is 25.3 Å². The Hall–Kier alpha value is -3.59. The quantitative estimate of drug-likeness (QED) is 0.405. The molecule has 8 nitrogen and oxygen atoms in total. The summed E-state index contributed by atoms with van der Waals surface area (Å²) in [4.78, 5) is 12.4.